The van der Waals surface area contributed by atoms with Crippen LogP contribution < -0.4 is 0 Å². The molecule has 22 heavy (non-hydrogen) atoms. The van der Waals surface area contributed by atoms with Crippen LogP contribution in [0.3, 0.4) is 0 Å². The van der Waals surface area contributed by atoms with Crippen LogP contribution in [0, 0.1) is 0 Å². The molecule has 1 atom stereocenters. The molecule has 0 aromatic rings. The molecule has 0 saturated carbocycles. The third-order valence-electron chi connectivity index (χ3n) is 5.72. The molecule has 0 N–H and O–H groups in total. The minimum Gasteiger partial charge on any atom is -0.302 e. The average Bonchev–Trinajstić information content (AvgIpc) is 2.58. The van der Waals surface area contributed by atoms with E-state index in [1.165, 1.54) is 116 Å². The van der Waals surface area contributed by atoms with Gasteiger partial charge in [0, 0.05) is 12.6 Å². The molecule has 0 aromatic heterocycles. The highest BCUT2D eigenvalue weighted by Gasteiger charge is 2.23. The van der Waals surface area contributed by atoms with E-state index in [4.69, 9.17) is 0 Å². The molecule has 2 nitrogen and oxygen atoms in total. The molecule has 0 aromatic carbocycles. The van der Waals surface area contributed by atoms with Gasteiger partial charge in [0.2, 0.25) is 0 Å². The normalized spacial score (nSPS) is 22.8. The molecule has 2 aliphatic heterocycles. The van der Waals surface area contributed by atoms with Crippen molar-refractivity contribution in [2.24, 2.45) is 0 Å². The molecule has 2 aliphatic rings. The monoisotopic (exact) mass is 308 g/mol. The third-order valence-corrected chi connectivity index (χ3v) is 5.72. The minimum atomic E-state index is 0.851. The van der Waals surface area contributed by atoms with Gasteiger partial charge >= 0.3 is 0 Å². The van der Waals surface area contributed by atoms with Crippen molar-refractivity contribution in [2.45, 2.75) is 96.4 Å². The van der Waals surface area contributed by atoms with Crippen LogP contribution in [-0.2, 0) is 0 Å². The maximum Gasteiger partial charge on any atom is 0.0223 e. The third kappa shape index (κ3) is 7.00. The topological polar surface area (TPSA) is 6.48 Å². The first-order chi connectivity index (χ1) is 10.9. The van der Waals surface area contributed by atoms with Gasteiger partial charge in [-0.05, 0) is 58.3 Å². The van der Waals surface area contributed by atoms with E-state index in [1.807, 2.05) is 0 Å². The van der Waals surface area contributed by atoms with Crippen LogP contribution in [0.5, 0.6) is 0 Å². The van der Waals surface area contributed by atoms with E-state index in [1.54, 1.807) is 0 Å². The maximum atomic E-state index is 2.84. The molecule has 2 heterocycles. The molecule has 2 fully saturated rings. The van der Waals surface area contributed by atoms with Crippen molar-refractivity contribution in [2.75, 3.05) is 32.7 Å². The first kappa shape index (κ1) is 18.3. The number of hydrogen-bond donors (Lipinski definition) is 0. The van der Waals surface area contributed by atoms with Crippen LogP contribution in [0.4, 0.5) is 0 Å². The van der Waals surface area contributed by atoms with Crippen molar-refractivity contribution in [1.82, 2.24) is 9.80 Å². The van der Waals surface area contributed by atoms with Crippen LogP contribution in [0.25, 0.3) is 0 Å². The van der Waals surface area contributed by atoms with Crippen molar-refractivity contribution >= 4 is 0 Å². The molecule has 1 unspecified atom stereocenters. The largest absolute Gasteiger partial charge is 0.302 e. The van der Waals surface area contributed by atoms with Crippen LogP contribution in [0.1, 0.15) is 90.4 Å². The Kier molecular flexibility index (Phi) is 9.51. The van der Waals surface area contributed by atoms with E-state index in [0.717, 1.165) is 6.04 Å². The zero-order chi connectivity index (χ0) is 15.5. The molecular weight excluding hydrogens is 268 g/mol. The molecule has 0 bridgehead atoms. The van der Waals surface area contributed by atoms with Crippen molar-refractivity contribution in [3.63, 3.8) is 0 Å². The first-order valence-electron chi connectivity index (χ1n) is 10.4. The van der Waals surface area contributed by atoms with Gasteiger partial charge in [0.15, 0.2) is 0 Å². The summed E-state index contributed by atoms with van der Waals surface area (Å²) in [5.74, 6) is 0. The lowest BCUT2D eigenvalue weighted by Crippen LogP contribution is -2.47. The summed E-state index contributed by atoms with van der Waals surface area (Å²) >= 11 is 0. The lowest BCUT2D eigenvalue weighted by molar-refractivity contribution is 0.101. The standard InChI is InChI=1S/C20H40N2/c1-2-3-4-5-6-9-14-20(22-17-12-8-13-18-22)19-21-15-10-7-11-16-21/h20H,2-19H2,1H3. The predicted octanol–water partition coefficient (Wildman–Crippen LogP) is 5.08. The van der Waals surface area contributed by atoms with Gasteiger partial charge < -0.3 is 4.90 Å². The fourth-order valence-electron chi connectivity index (χ4n) is 4.27. The van der Waals surface area contributed by atoms with Gasteiger partial charge in [0.05, 0.1) is 0 Å². The Bertz CT molecular complexity index is 254. The molecule has 0 spiro atoms. The predicted molar refractivity (Wildman–Crippen MR) is 97.5 cm³/mol. The minimum absolute atomic E-state index is 0.851. The highest BCUT2D eigenvalue weighted by molar-refractivity contribution is 4.79. The summed E-state index contributed by atoms with van der Waals surface area (Å²) < 4.78 is 0. The van der Waals surface area contributed by atoms with Gasteiger partial charge in [0.25, 0.3) is 0 Å². The molecule has 2 rings (SSSR count). The summed E-state index contributed by atoms with van der Waals surface area (Å²) in [7, 11) is 0. The molecule has 2 heteroatoms. The van der Waals surface area contributed by atoms with Crippen molar-refractivity contribution < 1.29 is 0 Å². The second kappa shape index (κ2) is 11.5. The summed E-state index contributed by atoms with van der Waals surface area (Å²) in [6, 6.07) is 0.851. The zero-order valence-corrected chi connectivity index (χ0v) is 15.2. The molecule has 130 valence electrons. The zero-order valence-electron chi connectivity index (χ0n) is 15.2. The molecule has 0 aliphatic carbocycles. The SMILES string of the molecule is CCCCCCCCC(CN1CCCCC1)N1CCCCC1. The molecule has 0 amide bonds. The number of piperidine rings is 2. The van der Waals surface area contributed by atoms with Crippen LogP contribution in [0.2, 0.25) is 0 Å². The number of hydrogen-bond acceptors (Lipinski definition) is 2. The van der Waals surface area contributed by atoms with Gasteiger partial charge in [-0.3, -0.25) is 4.90 Å². The van der Waals surface area contributed by atoms with Gasteiger partial charge in [-0.2, -0.15) is 0 Å². The van der Waals surface area contributed by atoms with E-state index in [-0.39, 0.29) is 0 Å². The summed E-state index contributed by atoms with van der Waals surface area (Å²) in [6.07, 6.45) is 18.8. The number of likely N-dealkylation sites (tertiary alicyclic amines) is 2. The number of rotatable bonds is 10. The lowest BCUT2D eigenvalue weighted by atomic mass is 10.0. The Morgan fingerprint density at radius 2 is 1.27 bits per heavy atom. The molecule has 0 radical (unpaired) electrons. The smallest absolute Gasteiger partial charge is 0.0223 e. The summed E-state index contributed by atoms with van der Waals surface area (Å²) in [5, 5.41) is 0. The Balaban J connectivity index is 1.71. The Hall–Kier alpha value is -0.0800. The van der Waals surface area contributed by atoms with Crippen molar-refractivity contribution in [1.29, 1.82) is 0 Å². The highest BCUT2D eigenvalue weighted by atomic mass is 15.2. The van der Waals surface area contributed by atoms with Crippen LogP contribution in [0.15, 0.2) is 0 Å². The Morgan fingerprint density at radius 1 is 0.682 bits per heavy atom. The van der Waals surface area contributed by atoms with E-state index in [9.17, 15) is 0 Å². The Morgan fingerprint density at radius 3 is 1.95 bits per heavy atom. The van der Waals surface area contributed by atoms with Crippen LogP contribution >= 0.6 is 0 Å². The van der Waals surface area contributed by atoms with Gasteiger partial charge in [-0.15, -0.1) is 0 Å². The fraction of sp³-hybridized carbons (Fsp3) is 1.00. The Labute approximate surface area is 139 Å². The maximum absolute atomic E-state index is 2.84. The lowest BCUT2D eigenvalue weighted by Gasteiger charge is -2.39. The van der Waals surface area contributed by atoms with Gasteiger partial charge in [-0.1, -0.05) is 58.3 Å². The van der Waals surface area contributed by atoms with E-state index < -0.39 is 0 Å². The number of nitrogens with zero attached hydrogens (tertiary/aromatic N) is 2. The quantitative estimate of drug-likeness (QED) is 0.519. The van der Waals surface area contributed by atoms with Crippen molar-refractivity contribution in [3.05, 3.63) is 0 Å². The van der Waals surface area contributed by atoms with E-state index >= 15 is 0 Å². The second-order valence-electron chi connectivity index (χ2n) is 7.67. The fourth-order valence-corrected chi connectivity index (χ4v) is 4.27. The van der Waals surface area contributed by atoms with E-state index in [0.29, 0.717) is 0 Å². The molecule has 2 saturated heterocycles. The molecular formula is C20H40N2. The second-order valence-corrected chi connectivity index (χ2v) is 7.67. The van der Waals surface area contributed by atoms with Gasteiger partial charge in [0.1, 0.15) is 0 Å². The van der Waals surface area contributed by atoms with Crippen molar-refractivity contribution in [3.8, 4) is 0 Å². The van der Waals surface area contributed by atoms with E-state index in [2.05, 4.69) is 16.7 Å². The summed E-state index contributed by atoms with van der Waals surface area (Å²) in [5.41, 5.74) is 0. The highest BCUT2D eigenvalue weighted by Crippen LogP contribution is 2.20. The van der Waals surface area contributed by atoms with Gasteiger partial charge in [-0.25, -0.2) is 0 Å². The summed E-state index contributed by atoms with van der Waals surface area (Å²) in [6.45, 7) is 9.13. The summed E-state index contributed by atoms with van der Waals surface area (Å²) in [4.78, 5) is 5.60. The average molecular weight is 309 g/mol. The first-order valence-corrected chi connectivity index (χ1v) is 10.4. The van der Waals surface area contributed by atoms with Crippen LogP contribution in [-0.4, -0.2) is 48.6 Å². The number of unbranched alkanes of at least 4 members (excludes halogenated alkanes) is 5.